The van der Waals surface area contributed by atoms with Crippen molar-refractivity contribution in [2.45, 2.75) is 96.3 Å². The number of alkyl halides is 1. The summed E-state index contributed by atoms with van der Waals surface area (Å²) in [6.07, 6.45) is 18.3. The SMILES string of the molecule is O=C([O-])CCCCCCCCCCCCCCCCBr. The van der Waals surface area contributed by atoms with Gasteiger partial charge in [0.25, 0.3) is 0 Å². The van der Waals surface area contributed by atoms with Crippen LogP contribution in [0.3, 0.4) is 0 Å². The summed E-state index contributed by atoms with van der Waals surface area (Å²) in [6.45, 7) is 0. The Morgan fingerprint density at radius 3 is 1.20 bits per heavy atom. The van der Waals surface area contributed by atoms with Crippen LogP contribution in [0.2, 0.25) is 0 Å². The van der Waals surface area contributed by atoms with E-state index < -0.39 is 5.97 Å². The number of carbonyl (C=O) groups is 1. The molecule has 0 atom stereocenters. The zero-order chi connectivity index (χ0) is 14.9. The van der Waals surface area contributed by atoms with E-state index in [0.717, 1.165) is 18.2 Å². The highest BCUT2D eigenvalue weighted by Gasteiger charge is 1.94. The van der Waals surface area contributed by atoms with Crippen LogP contribution in [-0.4, -0.2) is 11.3 Å². The normalized spacial score (nSPS) is 10.8. The Morgan fingerprint density at radius 1 is 0.600 bits per heavy atom. The number of carbonyl (C=O) groups excluding carboxylic acids is 1. The quantitative estimate of drug-likeness (QED) is 0.291. The molecule has 0 heterocycles. The molecule has 0 unspecified atom stereocenters. The minimum Gasteiger partial charge on any atom is -0.550 e. The molecule has 3 heteroatoms. The predicted octanol–water partition coefficient (Wildman–Crippen LogP) is 4.98. The molecule has 120 valence electrons. The van der Waals surface area contributed by atoms with Crippen molar-refractivity contribution in [3.05, 3.63) is 0 Å². The summed E-state index contributed by atoms with van der Waals surface area (Å²) in [5, 5.41) is 11.4. The van der Waals surface area contributed by atoms with Crippen LogP contribution in [0.5, 0.6) is 0 Å². The van der Waals surface area contributed by atoms with E-state index >= 15 is 0 Å². The van der Waals surface area contributed by atoms with Gasteiger partial charge < -0.3 is 9.90 Å². The van der Waals surface area contributed by atoms with Gasteiger partial charge >= 0.3 is 0 Å². The maximum atomic E-state index is 10.2. The Kier molecular flexibility index (Phi) is 17.0. The second-order valence-electron chi connectivity index (χ2n) is 5.76. The molecule has 0 N–H and O–H groups in total. The number of hydrogen-bond donors (Lipinski definition) is 0. The highest BCUT2D eigenvalue weighted by Crippen LogP contribution is 2.13. The number of aliphatic carboxylic acids is 1. The van der Waals surface area contributed by atoms with Crippen LogP contribution in [-0.2, 0) is 4.79 Å². The van der Waals surface area contributed by atoms with Gasteiger partial charge in [-0.05, 0) is 19.3 Å². The lowest BCUT2D eigenvalue weighted by molar-refractivity contribution is -0.305. The first-order chi connectivity index (χ1) is 9.77. The summed E-state index contributed by atoms with van der Waals surface area (Å²) in [6, 6.07) is 0. The Morgan fingerprint density at radius 2 is 0.900 bits per heavy atom. The molecule has 0 aromatic carbocycles. The number of rotatable bonds is 16. The predicted molar refractivity (Wildman–Crippen MR) is 88.1 cm³/mol. The highest BCUT2D eigenvalue weighted by atomic mass is 79.9. The fraction of sp³-hybridized carbons (Fsp3) is 0.941. The fourth-order valence-corrected chi connectivity index (χ4v) is 2.88. The molecule has 0 amide bonds. The lowest BCUT2D eigenvalue weighted by atomic mass is 10.0. The molecule has 0 saturated heterocycles. The average molecular weight is 348 g/mol. The average Bonchev–Trinajstić information content (AvgIpc) is 2.43. The zero-order valence-electron chi connectivity index (χ0n) is 13.0. The number of unbranched alkanes of at least 4 members (excludes halogenated alkanes) is 13. The highest BCUT2D eigenvalue weighted by molar-refractivity contribution is 9.09. The molecule has 0 saturated carbocycles. The van der Waals surface area contributed by atoms with Crippen molar-refractivity contribution in [1.29, 1.82) is 0 Å². The Balaban J connectivity index is 2.94. The van der Waals surface area contributed by atoms with Gasteiger partial charge in [-0.3, -0.25) is 0 Å². The van der Waals surface area contributed by atoms with Crippen LogP contribution in [0.1, 0.15) is 96.3 Å². The van der Waals surface area contributed by atoms with Crippen molar-refractivity contribution in [1.82, 2.24) is 0 Å². The molecule has 0 aliphatic heterocycles. The van der Waals surface area contributed by atoms with Gasteiger partial charge in [-0.2, -0.15) is 0 Å². The molecule has 20 heavy (non-hydrogen) atoms. The van der Waals surface area contributed by atoms with Crippen molar-refractivity contribution < 1.29 is 9.90 Å². The van der Waals surface area contributed by atoms with E-state index in [0.29, 0.717) is 0 Å². The molecule has 2 nitrogen and oxygen atoms in total. The van der Waals surface area contributed by atoms with Crippen molar-refractivity contribution in [3.8, 4) is 0 Å². The Labute approximate surface area is 133 Å². The molecule has 0 aromatic rings. The van der Waals surface area contributed by atoms with E-state index in [1.807, 2.05) is 0 Å². The third-order valence-corrected chi connectivity index (χ3v) is 4.33. The van der Waals surface area contributed by atoms with Gasteiger partial charge in [-0.1, -0.05) is 93.0 Å². The molecule has 0 spiro atoms. The second-order valence-corrected chi connectivity index (χ2v) is 6.55. The lowest BCUT2D eigenvalue weighted by Gasteiger charge is -2.03. The largest absolute Gasteiger partial charge is 0.550 e. The summed E-state index contributed by atoms with van der Waals surface area (Å²) in [7, 11) is 0. The van der Waals surface area contributed by atoms with Crippen molar-refractivity contribution >= 4 is 21.9 Å². The van der Waals surface area contributed by atoms with Crippen LogP contribution in [0.25, 0.3) is 0 Å². The van der Waals surface area contributed by atoms with E-state index in [1.54, 1.807) is 0 Å². The van der Waals surface area contributed by atoms with Gasteiger partial charge in [0.15, 0.2) is 0 Å². The number of hydrogen-bond acceptors (Lipinski definition) is 2. The third-order valence-electron chi connectivity index (χ3n) is 3.76. The fourth-order valence-electron chi connectivity index (χ4n) is 2.49. The molecule has 0 aliphatic rings. The van der Waals surface area contributed by atoms with Crippen LogP contribution in [0.15, 0.2) is 0 Å². The molecular formula is C17H32BrO2-. The zero-order valence-corrected chi connectivity index (χ0v) is 14.6. The Hall–Kier alpha value is -0.0500. The van der Waals surface area contributed by atoms with Crippen molar-refractivity contribution in [2.24, 2.45) is 0 Å². The smallest absolute Gasteiger partial charge is 0.0414 e. The minimum absolute atomic E-state index is 0.232. The van der Waals surface area contributed by atoms with Gasteiger partial charge in [0, 0.05) is 11.3 Å². The van der Waals surface area contributed by atoms with E-state index in [9.17, 15) is 9.90 Å². The monoisotopic (exact) mass is 347 g/mol. The number of carboxylic acid groups (broad SMARTS) is 1. The third kappa shape index (κ3) is 17.9. The topological polar surface area (TPSA) is 40.1 Å². The van der Waals surface area contributed by atoms with Crippen LogP contribution in [0.4, 0.5) is 0 Å². The molecule has 0 bridgehead atoms. The number of carboxylic acids is 1. The van der Waals surface area contributed by atoms with E-state index in [-0.39, 0.29) is 6.42 Å². The molecule has 0 fully saturated rings. The first kappa shape index (κ1) is 19.9. The standard InChI is InChI=1S/C17H33BrO2/c18-16-14-12-10-8-6-4-2-1-3-5-7-9-11-13-15-17(19)20/h1-16H2,(H,19,20)/p-1. The summed E-state index contributed by atoms with van der Waals surface area (Å²) in [5.74, 6) is -0.905. The van der Waals surface area contributed by atoms with Gasteiger partial charge in [-0.25, -0.2) is 0 Å². The number of halogens is 1. The minimum atomic E-state index is -0.905. The first-order valence-corrected chi connectivity index (χ1v) is 9.65. The van der Waals surface area contributed by atoms with Gasteiger partial charge in [0.1, 0.15) is 0 Å². The van der Waals surface area contributed by atoms with E-state index in [4.69, 9.17) is 0 Å². The summed E-state index contributed by atoms with van der Waals surface area (Å²) in [4.78, 5) is 10.2. The molecule has 0 radical (unpaired) electrons. The molecule has 0 aromatic heterocycles. The molecule has 0 rings (SSSR count). The summed E-state index contributed by atoms with van der Waals surface area (Å²) in [5.41, 5.74) is 0. The van der Waals surface area contributed by atoms with Crippen molar-refractivity contribution in [2.75, 3.05) is 5.33 Å². The summed E-state index contributed by atoms with van der Waals surface area (Å²) < 4.78 is 0. The molecule has 0 aliphatic carbocycles. The van der Waals surface area contributed by atoms with E-state index in [1.165, 1.54) is 77.0 Å². The lowest BCUT2D eigenvalue weighted by Crippen LogP contribution is -2.21. The van der Waals surface area contributed by atoms with Crippen molar-refractivity contribution in [3.63, 3.8) is 0 Å². The second kappa shape index (κ2) is 17.0. The van der Waals surface area contributed by atoms with Gasteiger partial charge in [-0.15, -0.1) is 0 Å². The summed E-state index contributed by atoms with van der Waals surface area (Å²) >= 11 is 3.46. The van der Waals surface area contributed by atoms with Gasteiger partial charge in [0.2, 0.25) is 0 Å². The molecular weight excluding hydrogens is 316 g/mol. The van der Waals surface area contributed by atoms with Gasteiger partial charge in [0.05, 0.1) is 0 Å². The van der Waals surface area contributed by atoms with E-state index in [2.05, 4.69) is 15.9 Å². The van der Waals surface area contributed by atoms with Crippen LogP contribution in [0, 0.1) is 0 Å². The first-order valence-electron chi connectivity index (χ1n) is 8.53. The van der Waals surface area contributed by atoms with Crippen LogP contribution < -0.4 is 5.11 Å². The Bertz CT molecular complexity index is 207. The maximum absolute atomic E-state index is 10.2. The van der Waals surface area contributed by atoms with Crippen LogP contribution >= 0.6 is 15.9 Å². The maximum Gasteiger partial charge on any atom is 0.0414 e.